The molecule has 10 nitrogen and oxygen atoms in total. The summed E-state index contributed by atoms with van der Waals surface area (Å²) in [6, 6.07) is -0.0624. The highest BCUT2D eigenvalue weighted by atomic mass is 31.2. The third-order valence-electron chi connectivity index (χ3n) is 18.9. The molecule has 1 unspecified atom stereocenters. The topological polar surface area (TPSA) is 132 Å². The summed E-state index contributed by atoms with van der Waals surface area (Å²) in [6.07, 6.45) is 35.6. The first-order valence-corrected chi connectivity index (χ1v) is 32.2. The van der Waals surface area contributed by atoms with Gasteiger partial charge in [0.15, 0.2) is 12.6 Å². The highest BCUT2D eigenvalue weighted by Crippen LogP contribution is 2.77. The summed E-state index contributed by atoms with van der Waals surface area (Å²) in [5.41, 5.74) is 0.594. The molecule has 0 bridgehead atoms. The van der Waals surface area contributed by atoms with Gasteiger partial charge in [0, 0.05) is 51.1 Å². The van der Waals surface area contributed by atoms with Crippen molar-refractivity contribution in [3.63, 3.8) is 0 Å². The summed E-state index contributed by atoms with van der Waals surface area (Å²) in [7, 11) is 3.16. The molecule has 2 heterocycles. The Morgan fingerprint density at radius 1 is 0.671 bits per heavy atom. The van der Waals surface area contributed by atoms with Crippen LogP contribution in [-0.2, 0) is 19.0 Å². The summed E-state index contributed by atoms with van der Waals surface area (Å²) in [5.74, 6) is -0.766. The summed E-state index contributed by atoms with van der Waals surface area (Å²) >= 11 is 0. The molecule has 5 aliphatic rings. The minimum absolute atomic E-state index is 0.0324. The summed E-state index contributed by atoms with van der Waals surface area (Å²) < 4.78 is 19.1. The Morgan fingerprint density at radius 3 is 1.67 bits per heavy atom. The molecule has 2 saturated heterocycles. The minimum atomic E-state index is -1.39. The third-order valence-corrected chi connectivity index (χ3v) is 25.6. The Balaban J connectivity index is 1.12. The molecule has 5 rings (SSSR count). The molecule has 0 aromatic rings. The van der Waals surface area contributed by atoms with Gasteiger partial charge in [0.1, 0.15) is 0 Å². The van der Waals surface area contributed by atoms with Crippen LogP contribution in [0.5, 0.6) is 0 Å². The van der Waals surface area contributed by atoms with E-state index in [1.165, 1.54) is 103 Å². The highest BCUT2D eigenvalue weighted by molar-refractivity contribution is 7.77. The van der Waals surface area contributed by atoms with E-state index in [2.05, 4.69) is 25.9 Å². The lowest BCUT2D eigenvalue weighted by molar-refractivity contribution is -0.260. The molecule has 0 radical (unpaired) electrons. The van der Waals surface area contributed by atoms with Gasteiger partial charge in [0.25, 0.3) is 0 Å². The van der Waals surface area contributed by atoms with Crippen LogP contribution in [0.4, 0.5) is 0 Å². The lowest BCUT2D eigenvalue weighted by Gasteiger charge is -2.49. The van der Waals surface area contributed by atoms with E-state index in [0.717, 1.165) is 42.7 Å². The summed E-state index contributed by atoms with van der Waals surface area (Å²) in [6.45, 7) is 13.7. The largest absolute Gasteiger partial charge is 0.393 e. The van der Waals surface area contributed by atoms with Crippen LogP contribution in [0.3, 0.4) is 0 Å². The van der Waals surface area contributed by atoms with E-state index in [-0.39, 0.29) is 42.9 Å². The number of unbranched alkanes of at least 4 members (excludes halogenated alkanes) is 9. The molecule has 0 aromatic carbocycles. The zero-order valence-electron chi connectivity index (χ0n) is 46.8. The quantitative estimate of drug-likeness (QED) is 0.0695. The van der Waals surface area contributed by atoms with Crippen molar-refractivity contribution < 1.29 is 39.4 Å². The molecular weight excluding hydrogens is 896 g/mol. The zero-order chi connectivity index (χ0) is 50.9. The molecule has 5 fully saturated rings. The van der Waals surface area contributed by atoms with E-state index in [9.17, 15) is 25.2 Å². The maximum atomic E-state index is 14.3. The van der Waals surface area contributed by atoms with Gasteiger partial charge < -0.3 is 44.4 Å². The lowest BCUT2D eigenvalue weighted by Crippen LogP contribution is -2.51. The first-order chi connectivity index (χ1) is 33.4. The molecule has 2 aliphatic heterocycles. The molecule has 12 atom stereocenters. The van der Waals surface area contributed by atoms with Crippen LogP contribution in [-0.4, -0.2) is 140 Å². The highest BCUT2D eigenvalue weighted by Gasteiger charge is 2.56. The van der Waals surface area contributed by atoms with E-state index in [0.29, 0.717) is 32.2 Å². The predicted molar refractivity (Wildman–Crippen MR) is 291 cm³/mol. The maximum absolute atomic E-state index is 14.3. The average molecular weight is 1010 g/mol. The monoisotopic (exact) mass is 1010 g/mol. The van der Waals surface area contributed by atoms with Gasteiger partial charge in [-0.3, -0.25) is 4.79 Å². The van der Waals surface area contributed by atoms with Crippen molar-refractivity contribution >= 4 is 13.2 Å². The number of hydrogen-bond acceptors (Lipinski definition) is 9. The van der Waals surface area contributed by atoms with Crippen molar-refractivity contribution in [3.8, 4) is 0 Å². The third kappa shape index (κ3) is 17.8. The molecular formula is C59H112N2O8P+. The molecule has 3 saturated carbocycles. The first kappa shape index (κ1) is 60.4. The number of amides is 1. The molecule has 0 aromatic heterocycles. The molecule has 410 valence electrons. The summed E-state index contributed by atoms with van der Waals surface area (Å²) in [5, 5.41) is 47.2. The van der Waals surface area contributed by atoms with Crippen LogP contribution in [0.2, 0.25) is 0 Å². The molecule has 11 heteroatoms. The van der Waals surface area contributed by atoms with Crippen LogP contribution in [0.1, 0.15) is 254 Å². The molecule has 70 heavy (non-hydrogen) atoms. The summed E-state index contributed by atoms with van der Waals surface area (Å²) in [4.78, 5) is 18.4. The smallest absolute Gasteiger partial charge is 0.222 e. The lowest BCUT2D eigenvalue weighted by atomic mass is 9.83. The van der Waals surface area contributed by atoms with Crippen LogP contribution < -0.4 is 0 Å². The number of rotatable bonds is 20. The Hall–Kier alpha value is -0.420. The second-order valence-corrected chi connectivity index (χ2v) is 29.8. The standard InChI is InChI=1S/C59H112N2O8P/c1-10-53-59(7,66)42-45(3)61(43-44(2)41-58(6,65)54(40-52(62)47(5)57(64)69-53)68-56-39-48(60(8)9)38-46(4)67-56)55(63)36-28-17-15-13-11-12-14-16-18-29-37-70(49-30-22-19-23-31-49,50-32-24-20-25-33-50)51-34-26-21-27-35-51/h44-54,56-57,62,64-66H,10-43H2,1-9H3/q+1/t44-,45-,46-,47-,48+,52+,53-,54-,56+,57?,58-,59+/m1/s1. The van der Waals surface area contributed by atoms with Gasteiger partial charge in [-0.25, -0.2) is 0 Å². The molecule has 3 aliphatic carbocycles. The average Bonchev–Trinajstić information content (AvgIpc) is 3.33. The number of aliphatic hydroxyl groups excluding tert-OH is 2. The van der Waals surface area contributed by atoms with Crippen LogP contribution >= 0.6 is 7.26 Å². The zero-order valence-corrected chi connectivity index (χ0v) is 47.7. The normalized spacial score (nSPS) is 35.9. The van der Waals surface area contributed by atoms with Gasteiger partial charge in [-0.05, 0) is 170 Å². The van der Waals surface area contributed by atoms with Crippen LogP contribution in [0.25, 0.3) is 0 Å². The van der Waals surface area contributed by atoms with Crippen LogP contribution in [0.15, 0.2) is 0 Å². The van der Waals surface area contributed by atoms with Gasteiger partial charge in [-0.1, -0.05) is 85.0 Å². The number of ether oxygens (including phenoxy) is 3. The van der Waals surface area contributed by atoms with E-state index < -0.39 is 55.3 Å². The van der Waals surface area contributed by atoms with Crippen molar-refractivity contribution in [1.29, 1.82) is 0 Å². The second kappa shape index (κ2) is 29.8. The van der Waals surface area contributed by atoms with Crippen molar-refractivity contribution in [3.05, 3.63) is 0 Å². The Kier molecular flexibility index (Phi) is 25.7. The van der Waals surface area contributed by atoms with Gasteiger partial charge in [0.05, 0.1) is 58.8 Å². The number of carbonyl (C=O) groups excluding carboxylic acids is 1. The van der Waals surface area contributed by atoms with Crippen molar-refractivity contribution in [2.24, 2.45) is 11.8 Å². The van der Waals surface area contributed by atoms with E-state index >= 15 is 0 Å². The Labute approximate surface area is 430 Å². The molecule has 0 spiro atoms. The van der Waals surface area contributed by atoms with Gasteiger partial charge in [-0.15, -0.1) is 0 Å². The fraction of sp³-hybridized carbons (Fsp3) is 0.983. The SMILES string of the molecule is CC[C@H]1OC(O)[C@H](C)[C@@H](O)C[C@@H](O[C@H]2C[C@@H](N(C)C)C[C@@H](C)O2)[C@](C)(O)C[C@@H](C)CN(C(=O)CCCCCCCCCCCC[P+](C2CCCCC2)(C2CCCCC2)C2CCCCC2)[C@H](C)C[C@]1(C)O. The number of nitrogens with zero attached hydrogens (tertiary/aromatic N) is 2. The van der Waals surface area contributed by atoms with E-state index in [4.69, 9.17) is 14.2 Å². The number of aliphatic hydroxyl groups is 4. The second-order valence-electron chi connectivity index (χ2n) is 25.2. The number of carbonyl (C=O) groups is 1. The van der Waals surface area contributed by atoms with Gasteiger partial charge >= 0.3 is 0 Å². The first-order valence-electron chi connectivity index (χ1n) is 30.0. The van der Waals surface area contributed by atoms with Gasteiger partial charge in [0.2, 0.25) is 5.91 Å². The van der Waals surface area contributed by atoms with Crippen molar-refractivity contribution in [2.45, 2.75) is 331 Å². The Bertz CT molecular complexity index is 1400. The molecule has 4 N–H and O–H groups in total. The fourth-order valence-corrected chi connectivity index (χ4v) is 22.4. The van der Waals surface area contributed by atoms with E-state index in [1.54, 1.807) is 65.5 Å². The van der Waals surface area contributed by atoms with Crippen molar-refractivity contribution in [2.75, 3.05) is 26.8 Å². The van der Waals surface area contributed by atoms with Crippen molar-refractivity contribution in [1.82, 2.24) is 9.80 Å². The Morgan fingerprint density at radius 2 is 1.17 bits per heavy atom. The van der Waals surface area contributed by atoms with Crippen LogP contribution in [0, 0.1) is 11.8 Å². The van der Waals surface area contributed by atoms with Gasteiger partial charge in [-0.2, -0.15) is 0 Å². The minimum Gasteiger partial charge on any atom is -0.393 e. The molecule has 1 amide bonds. The van der Waals surface area contributed by atoms with E-state index in [1.807, 2.05) is 25.7 Å². The number of hydrogen-bond donors (Lipinski definition) is 4. The maximum Gasteiger partial charge on any atom is 0.222 e. The fourth-order valence-electron chi connectivity index (χ4n) is 14.8. The predicted octanol–water partition coefficient (Wildman–Crippen LogP) is 12.8.